The molecule has 0 aromatic heterocycles. The number of hydrogen-bond acceptors (Lipinski definition) is 3. The Morgan fingerprint density at radius 1 is 1.41 bits per heavy atom. The first-order chi connectivity index (χ1) is 8.00. The van der Waals surface area contributed by atoms with Crippen molar-refractivity contribution < 1.29 is 9.59 Å². The van der Waals surface area contributed by atoms with Crippen LogP contribution >= 0.6 is 12.2 Å². The molecule has 2 amide bonds. The summed E-state index contributed by atoms with van der Waals surface area (Å²) in [5, 5.41) is 0. The van der Waals surface area contributed by atoms with Gasteiger partial charge in [0.25, 0.3) is 0 Å². The zero-order chi connectivity index (χ0) is 12.6. The highest BCUT2D eigenvalue weighted by Crippen LogP contribution is 2.36. The van der Waals surface area contributed by atoms with E-state index in [1.165, 1.54) is 4.90 Å². The standard InChI is InChI=1S/C12H18N2O2S/c1-7(10(13)17)6-14-11(15)8-3-2-4-9(5-8)12(14)16/h7-9H,2-6H2,1H3,(H2,13,17). The fraction of sp³-hybridized carbons (Fsp3) is 0.750. The summed E-state index contributed by atoms with van der Waals surface area (Å²) in [5.74, 6) is -0.0465. The second-order valence-electron chi connectivity index (χ2n) is 5.15. The maximum absolute atomic E-state index is 12.1. The van der Waals surface area contributed by atoms with Gasteiger partial charge in [-0.3, -0.25) is 14.5 Å². The Hall–Kier alpha value is -0.970. The number of rotatable bonds is 3. The van der Waals surface area contributed by atoms with Crippen molar-refractivity contribution >= 4 is 29.0 Å². The summed E-state index contributed by atoms with van der Waals surface area (Å²) >= 11 is 4.89. The summed E-state index contributed by atoms with van der Waals surface area (Å²) in [7, 11) is 0. The molecule has 2 aliphatic rings. The van der Waals surface area contributed by atoms with Crippen LogP contribution in [0.15, 0.2) is 0 Å². The molecule has 1 aliphatic heterocycles. The van der Waals surface area contributed by atoms with Crippen molar-refractivity contribution in [3.63, 3.8) is 0 Å². The molecule has 94 valence electrons. The smallest absolute Gasteiger partial charge is 0.232 e. The van der Waals surface area contributed by atoms with Crippen LogP contribution in [0.4, 0.5) is 0 Å². The highest BCUT2D eigenvalue weighted by molar-refractivity contribution is 7.80. The van der Waals surface area contributed by atoms with Gasteiger partial charge in [-0.25, -0.2) is 0 Å². The van der Waals surface area contributed by atoms with Crippen LogP contribution in [0, 0.1) is 17.8 Å². The van der Waals surface area contributed by atoms with E-state index in [9.17, 15) is 9.59 Å². The van der Waals surface area contributed by atoms with Crippen LogP contribution < -0.4 is 5.73 Å². The van der Waals surface area contributed by atoms with Crippen molar-refractivity contribution in [3.8, 4) is 0 Å². The van der Waals surface area contributed by atoms with Gasteiger partial charge >= 0.3 is 0 Å². The topological polar surface area (TPSA) is 63.4 Å². The Kier molecular flexibility index (Phi) is 3.47. The lowest BCUT2D eigenvalue weighted by molar-refractivity contribution is -0.158. The van der Waals surface area contributed by atoms with Crippen molar-refractivity contribution in [3.05, 3.63) is 0 Å². The van der Waals surface area contributed by atoms with E-state index in [2.05, 4.69) is 0 Å². The highest BCUT2D eigenvalue weighted by atomic mass is 32.1. The second-order valence-corrected chi connectivity index (χ2v) is 5.62. The van der Waals surface area contributed by atoms with Crippen LogP contribution in [0.1, 0.15) is 32.6 Å². The van der Waals surface area contributed by atoms with Crippen LogP contribution in [-0.2, 0) is 9.59 Å². The van der Waals surface area contributed by atoms with Crippen LogP contribution in [0.3, 0.4) is 0 Å². The number of carbonyl (C=O) groups is 2. The molecule has 1 saturated carbocycles. The number of amides is 2. The lowest BCUT2D eigenvalue weighted by Gasteiger charge is -2.39. The summed E-state index contributed by atoms with van der Waals surface area (Å²) in [6.07, 6.45) is 3.57. The Morgan fingerprint density at radius 3 is 2.41 bits per heavy atom. The summed E-state index contributed by atoms with van der Waals surface area (Å²) in [6, 6.07) is 0. The first-order valence-electron chi connectivity index (χ1n) is 6.15. The third kappa shape index (κ3) is 2.34. The normalized spacial score (nSPS) is 30.3. The molecule has 3 unspecified atom stereocenters. The lowest BCUT2D eigenvalue weighted by Crippen LogP contribution is -2.53. The molecular weight excluding hydrogens is 236 g/mol. The molecule has 0 aromatic carbocycles. The van der Waals surface area contributed by atoms with Crippen molar-refractivity contribution in [1.29, 1.82) is 0 Å². The molecule has 1 aliphatic carbocycles. The molecule has 5 heteroatoms. The Bertz CT molecular complexity index is 348. The zero-order valence-electron chi connectivity index (χ0n) is 10.0. The van der Waals surface area contributed by atoms with Gasteiger partial charge in [-0.2, -0.15) is 0 Å². The molecule has 17 heavy (non-hydrogen) atoms. The highest BCUT2D eigenvalue weighted by Gasteiger charge is 2.43. The van der Waals surface area contributed by atoms with E-state index < -0.39 is 0 Å². The van der Waals surface area contributed by atoms with Crippen molar-refractivity contribution in [2.45, 2.75) is 32.6 Å². The molecule has 1 heterocycles. The SMILES string of the molecule is CC(CN1C(=O)C2CCCC(C2)C1=O)C(N)=S. The minimum atomic E-state index is -0.100. The van der Waals surface area contributed by atoms with Gasteiger partial charge in [-0.15, -0.1) is 0 Å². The van der Waals surface area contributed by atoms with Crippen LogP contribution in [0.5, 0.6) is 0 Å². The van der Waals surface area contributed by atoms with Gasteiger partial charge in [0, 0.05) is 24.3 Å². The van der Waals surface area contributed by atoms with Gasteiger partial charge in [0.15, 0.2) is 0 Å². The van der Waals surface area contributed by atoms with Gasteiger partial charge in [0.2, 0.25) is 11.8 Å². The summed E-state index contributed by atoms with van der Waals surface area (Å²) in [6.45, 7) is 2.20. The molecule has 2 N–H and O–H groups in total. The van der Waals surface area contributed by atoms with Crippen LogP contribution in [-0.4, -0.2) is 28.2 Å². The Labute approximate surface area is 107 Å². The maximum atomic E-state index is 12.1. The molecule has 0 radical (unpaired) electrons. The van der Waals surface area contributed by atoms with Gasteiger partial charge in [-0.05, 0) is 19.3 Å². The molecular formula is C12H18N2O2S. The number of nitrogens with two attached hydrogens (primary N) is 1. The number of thiocarbonyl (C=S) groups is 1. The number of hydrogen-bond donors (Lipinski definition) is 1. The minimum absolute atomic E-state index is 0.0194. The molecule has 0 aromatic rings. The minimum Gasteiger partial charge on any atom is -0.393 e. The average molecular weight is 254 g/mol. The van der Waals surface area contributed by atoms with Gasteiger partial charge < -0.3 is 5.73 Å². The quantitative estimate of drug-likeness (QED) is 0.605. The van der Waals surface area contributed by atoms with Crippen molar-refractivity contribution in [1.82, 2.24) is 4.90 Å². The molecule has 3 atom stereocenters. The molecule has 0 spiro atoms. The molecule has 1 saturated heterocycles. The van der Waals surface area contributed by atoms with E-state index in [1.807, 2.05) is 6.92 Å². The molecule has 2 rings (SSSR count). The molecule has 2 fully saturated rings. The largest absolute Gasteiger partial charge is 0.393 e. The fourth-order valence-corrected chi connectivity index (χ4v) is 2.81. The number of imide groups is 1. The third-order valence-corrected chi connectivity index (χ3v) is 4.25. The summed E-state index contributed by atoms with van der Waals surface area (Å²) in [5.41, 5.74) is 5.54. The number of likely N-dealkylation sites (tertiary alicyclic amines) is 1. The summed E-state index contributed by atoms with van der Waals surface area (Å²) in [4.78, 5) is 26.0. The zero-order valence-corrected chi connectivity index (χ0v) is 10.8. The van der Waals surface area contributed by atoms with Gasteiger partial charge in [0.05, 0.1) is 4.99 Å². The van der Waals surface area contributed by atoms with E-state index in [-0.39, 0.29) is 29.6 Å². The predicted molar refractivity (Wildman–Crippen MR) is 68.1 cm³/mol. The third-order valence-electron chi connectivity index (χ3n) is 3.85. The Morgan fingerprint density at radius 2 is 1.94 bits per heavy atom. The number of piperidine rings is 1. The van der Waals surface area contributed by atoms with Crippen LogP contribution in [0.25, 0.3) is 0 Å². The van der Waals surface area contributed by atoms with Crippen LogP contribution in [0.2, 0.25) is 0 Å². The molecule has 4 nitrogen and oxygen atoms in total. The average Bonchev–Trinajstić information content (AvgIpc) is 2.32. The number of fused-ring (bicyclic) bond motifs is 2. The van der Waals surface area contributed by atoms with E-state index >= 15 is 0 Å². The molecule has 2 bridgehead atoms. The predicted octanol–water partition coefficient (Wildman–Crippen LogP) is 1.08. The number of carbonyl (C=O) groups excluding carboxylic acids is 2. The first-order valence-corrected chi connectivity index (χ1v) is 6.56. The van der Waals surface area contributed by atoms with Crippen molar-refractivity contribution in [2.75, 3.05) is 6.54 Å². The van der Waals surface area contributed by atoms with Gasteiger partial charge in [-0.1, -0.05) is 25.6 Å². The van der Waals surface area contributed by atoms with E-state index in [1.54, 1.807) is 0 Å². The first kappa shape index (κ1) is 12.5. The second kappa shape index (κ2) is 4.72. The summed E-state index contributed by atoms with van der Waals surface area (Å²) < 4.78 is 0. The maximum Gasteiger partial charge on any atom is 0.232 e. The van der Waals surface area contributed by atoms with E-state index in [4.69, 9.17) is 18.0 Å². The van der Waals surface area contributed by atoms with Gasteiger partial charge in [0.1, 0.15) is 0 Å². The van der Waals surface area contributed by atoms with E-state index in [0.29, 0.717) is 11.5 Å². The monoisotopic (exact) mass is 254 g/mol. The number of nitrogens with zero attached hydrogens (tertiary/aromatic N) is 1. The van der Waals surface area contributed by atoms with E-state index in [0.717, 1.165) is 25.7 Å². The lowest BCUT2D eigenvalue weighted by atomic mass is 9.76. The van der Waals surface area contributed by atoms with Crippen molar-refractivity contribution in [2.24, 2.45) is 23.5 Å². The fourth-order valence-electron chi connectivity index (χ4n) is 2.73. The Balaban J connectivity index is 2.12.